The Morgan fingerprint density at radius 3 is 2.88 bits per heavy atom. The van der Waals surface area contributed by atoms with Gasteiger partial charge in [-0.1, -0.05) is 36.9 Å². The van der Waals surface area contributed by atoms with Crippen LogP contribution < -0.4 is 4.74 Å². The predicted octanol–water partition coefficient (Wildman–Crippen LogP) is 4.32. The van der Waals surface area contributed by atoms with Gasteiger partial charge in [-0.15, -0.1) is 0 Å². The smallest absolute Gasteiger partial charge is 0.273 e. The highest BCUT2D eigenvalue weighted by Crippen LogP contribution is 2.44. The van der Waals surface area contributed by atoms with Gasteiger partial charge >= 0.3 is 0 Å². The maximum atomic E-state index is 13.3. The Balaban J connectivity index is 1.77. The van der Waals surface area contributed by atoms with Gasteiger partial charge in [0.05, 0.1) is 6.04 Å². The summed E-state index contributed by atoms with van der Waals surface area (Å²) in [5, 5.41) is 17.8. The Morgan fingerprint density at radius 1 is 1.25 bits per heavy atom. The van der Waals surface area contributed by atoms with Gasteiger partial charge in [-0.3, -0.25) is 9.89 Å². The Bertz CT molecular complexity index is 1110. The summed E-state index contributed by atoms with van der Waals surface area (Å²) in [4.78, 5) is 15.2. The van der Waals surface area contributed by atoms with Crippen LogP contribution in [0.2, 0.25) is 0 Å². The normalized spacial score (nSPS) is 15.1. The minimum atomic E-state index is -0.361. The highest BCUT2D eigenvalue weighted by Gasteiger charge is 2.42. The number of hydrogen-bond donors (Lipinski definition) is 2. The molecule has 0 unspecified atom stereocenters. The molecule has 2 heterocycles. The van der Waals surface area contributed by atoms with E-state index in [1.807, 2.05) is 42.2 Å². The fourth-order valence-corrected chi connectivity index (χ4v) is 4.06. The number of aromatic amines is 1. The van der Waals surface area contributed by atoms with Gasteiger partial charge in [-0.25, -0.2) is 0 Å². The average molecular weight is 434 g/mol. The SMILES string of the molecule is C=CCOc1cccc([C@H]2c3c(-c4ccccc4O)n[nH]c3C(=O)N2CCCOCC)c1. The van der Waals surface area contributed by atoms with Gasteiger partial charge in [-0.2, -0.15) is 5.10 Å². The molecule has 0 radical (unpaired) electrons. The van der Waals surface area contributed by atoms with Crippen LogP contribution in [0.15, 0.2) is 61.2 Å². The predicted molar refractivity (Wildman–Crippen MR) is 122 cm³/mol. The minimum absolute atomic E-state index is 0.117. The van der Waals surface area contributed by atoms with Crippen molar-refractivity contribution in [3.63, 3.8) is 0 Å². The van der Waals surface area contributed by atoms with E-state index in [0.29, 0.717) is 55.5 Å². The van der Waals surface area contributed by atoms with E-state index < -0.39 is 0 Å². The van der Waals surface area contributed by atoms with Gasteiger partial charge in [0, 0.05) is 30.9 Å². The first kappa shape index (κ1) is 21.6. The van der Waals surface area contributed by atoms with E-state index in [2.05, 4.69) is 16.8 Å². The van der Waals surface area contributed by atoms with Crippen LogP contribution in [0.3, 0.4) is 0 Å². The van der Waals surface area contributed by atoms with Crippen molar-refractivity contribution in [3.05, 3.63) is 78.0 Å². The van der Waals surface area contributed by atoms with Gasteiger partial charge in [0.1, 0.15) is 29.5 Å². The van der Waals surface area contributed by atoms with Crippen molar-refractivity contribution in [2.75, 3.05) is 26.4 Å². The Kier molecular flexibility index (Phi) is 6.56. The lowest BCUT2D eigenvalue weighted by Gasteiger charge is -2.26. The van der Waals surface area contributed by atoms with Crippen LogP contribution in [-0.2, 0) is 4.74 Å². The molecule has 0 saturated heterocycles. The number of amides is 1. The maximum Gasteiger partial charge on any atom is 0.273 e. The fraction of sp³-hybridized carbons (Fsp3) is 0.280. The van der Waals surface area contributed by atoms with Crippen molar-refractivity contribution < 1.29 is 19.4 Å². The number of phenolic OH excluding ortho intramolecular Hbond substituents is 1. The van der Waals surface area contributed by atoms with Crippen molar-refractivity contribution in [2.24, 2.45) is 0 Å². The second kappa shape index (κ2) is 9.70. The molecular formula is C25H27N3O4. The number of nitrogens with one attached hydrogen (secondary N) is 1. The first-order chi connectivity index (χ1) is 15.7. The highest BCUT2D eigenvalue weighted by molar-refractivity contribution is 6.00. The molecule has 1 amide bonds. The number of aromatic hydroxyl groups is 1. The lowest BCUT2D eigenvalue weighted by atomic mass is 9.95. The van der Waals surface area contributed by atoms with Crippen LogP contribution in [0.25, 0.3) is 11.3 Å². The molecule has 0 fully saturated rings. The summed E-state index contributed by atoms with van der Waals surface area (Å²) in [6, 6.07) is 14.4. The van der Waals surface area contributed by atoms with Crippen LogP contribution in [0, 0.1) is 0 Å². The third-order valence-corrected chi connectivity index (χ3v) is 5.46. The third kappa shape index (κ3) is 4.11. The standard InChI is InChI=1S/C25H27N3O4/c1-3-14-32-18-10-7-9-17(16-18)24-21-22(19-11-5-6-12-20(19)29)26-27-23(21)25(30)28(24)13-8-15-31-4-2/h3,5-7,9-12,16,24,29H,1,4,8,13-15H2,2H3,(H,26,27)/t24-/m0/s1. The number of para-hydroxylation sites is 1. The Labute approximate surface area is 187 Å². The fourth-order valence-electron chi connectivity index (χ4n) is 4.06. The van der Waals surface area contributed by atoms with E-state index in [1.165, 1.54) is 0 Å². The third-order valence-electron chi connectivity index (χ3n) is 5.46. The zero-order valence-corrected chi connectivity index (χ0v) is 18.1. The zero-order valence-electron chi connectivity index (χ0n) is 18.1. The minimum Gasteiger partial charge on any atom is -0.507 e. The zero-order chi connectivity index (χ0) is 22.5. The molecule has 32 heavy (non-hydrogen) atoms. The van der Waals surface area contributed by atoms with E-state index in [1.54, 1.807) is 24.3 Å². The number of carbonyl (C=O) groups excluding carboxylic acids is 1. The lowest BCUT2D eigenvalue weighted by molar-refractivity contribution is 0.0710. The number of H-pyrrole nitrogens is 1. The van der Waals surface area contributed by atoms with Crippen molar-refractivity contribution in [1.82, 2.24) is 15.1 Å². The summed E-state index contributed by atoms with van der Waals surface area (Å²) in [5.41, 5.74) is 3.27. The molecule has 7 nitrogen and oxygen atoms in total. The molecular weight excluding hydrogens is 406 g/mol. The number of rotatable bonds is 10. The van der Waals surface area contributed by atoms with Gasteiger partial charge in [-0.05, 0) is 43.2 Å². The number of aromatic nitrogens is 2. The first-order valence-corrected chi connectivity index (χ1v) is 10.7. The monoisotopic (exact) mass is 433 g/mol. The van der Waals surface area contributed by atoms with Crippen LogP contribution >= 0.6 is 0 Å². The molecule has 1 aromatic heterocycles. The maximum absolute atomic E-state index is 13.3. The largest absolute Gasteiger partial charge is 0.507 e. The van der Waals surface area contributed by atoms with Gasteiger partial charge in [0.25, 0.3) is 5.91 Å². The van der Waals surface area contributed by atoms with Crippen LogP contribution in [0.4, 0.5) is 0 Å². The molecule has 0 spiro atoms. The molecule has 7 heteroatoms. The topological polar surface area (TPSA) is 87.7 Å². The summed E-state index contributed by atoms with van der Waals surface area (Å²) >= 11 is 0. The summed E-state index contributed by atoms with van der Waals surface area (Å²) in [5.74, 6) is 0.698. The van der Waals surface area contributed by atoms with E-state index in [4.69, 9.17) is 9.47 Å². The van der Waals surface area contributed by atoms with Crippen molar-refractivity contribution >= 4 is 5.91 Å². The van der Waals surface area contributed by atoms with Crippen molar-refractivity contribution in [1.29, 1.82) is 0 Å². The van der Waals surface area contributed by atoms with Crippen LogP contribution in [0.1, 0.15) is 41.0 Å². The van der Waals surface area contributed by atoms with Gasteiger partial charge in [0.2, 0.25) is 0 Å². The molecule has 1 aliphatic heterocycles. The number of hydrogen-bond acceptors (Lipinski definition) is 5. The second-order valence-electron chi connectivity index (χ2n) is 7.50. The molecule has 0 bridgehead atoms. The Morgan fingerprint density at radius 2 is 2.09 bits per heavy atom. The molecule has 2 aromatic carbocycles. The number of fused-ring (bicyclic) bond motifs is 1. The van der Waals surface area contributed by atoms with Crippen LogP contribution in [-0.4, -0.2) is 52.5 Å². The highest BCUT2D eigenvalue weighted by atomic mass is 16.5. The van der Waals surface area contributed by atoms with E-state index in [9.17, 15) is 9.90 Å². The molecule has 2 N–H and O–H groups in total. The number of phenols is 1. The summed E-state index contributed by atoms with van der Waals surface area (Å²) in [6.07, 6.45) is 2.41. The number of carbonyl (C=O) groups is 1. The Hall–Kier alpha value is -3.58. The van der Waals surface area contributed by atoms with Crippen LogP contribution in [0.5, 0.6) is 11.5 Å². The number of ether oxygens (including phenoxy) is 2. The molecule has 3 aromatic rings. The molecule has 0 saturated carbocycles. The molecule has 0 aliphatic carbocycles. The van der Waals surface area contributed by atoms with Crippen molar-refractivity contribution in [2.45, 2.75) is 19.4 Å². The lowest BCUT2D eigenvalue weighted by Crippen LogP contribution is -2.31. The summed E-state index contributed by atoms with van der Waals surface area (Å²) in [6.45, 7) is 7.79. The van der Waals surface area contributed by atoms with E-state index in [-0.39, 0.29) is 17.7 Å². The molecule has 166 valence electrons. The van der Waals surface area contributed by atoms with Crippen molar-refractivity contribution in [3.8, 4) is 22.8 Å². The quantitative estimate of drug-likeness (QED) is 0.367. The molecule has 4 rings (SSSR count). The summed E-state index contributed by atoms with van der Waals surface area (Å²) < 4.78 is 11.2. The number of nitrogens with zero attached hydrogens (tertiary/aromatic N) is 2. The van der Waals surface area contributed by atoms with Gasteiger partial charge < -0.3 is 19.5 Å². The first-order valence-electron chi connectivity index (χ1n) is 10.7. The van der Waals surface area contributed by atoms with Gasteiger partial charge in [0.15, 0.2) is 0 Å². The molecule has 1 aliphatic rings. The summed E-state index contributed by atoms with van der Waals surface area (Å²) in [7, 11) is 0. The second-order valence-corrected chi connectivity index (χ2v) is 7.50. The van der Waals surface area contributed by atoms with E-state index >= 15 is 0 Å². The molecule has 1 atom stereocenters. The average Bonchev–Trinajstić information content (AvgIpc) is 3.35. The van der Waals surface area contributed by atoms with E-state index in [0.717, 1.165) is 11.1 Å². The number of benzene rings is 2.